The minimum absolute atomic E-state index is 0.00941. The molecule has 2 heterocycles. The number of thioether (sulfide) groups is 1. The molecule has 0 aliphatic rings. The van der Waals surface area contributed by atoms with Crippen LogP contribution in [0, 0.1) is 0 Å². The number of benzene rings is 1. The summed E-state index contributed by atoms with van der Waals surface area (Å²) >= 11 is 1.14. The average molecular weight is 454 g/mol. The van der Waals surface area contributed by atoms with Gasteiger partial charge in [-0.1, -0.05) is 17.8 Å². The summed E-state index contributed by atoms with van der Waals surface area (Å²) in [6.07, 6.45) is 3.18. The normalized spacial score (nSPS) is 11.6. The SMILES string of the molecule is C=CCn1c(SCC(=O)Nc2ccc(S(=O)(=O)C(F)F)cc2)nnc1-c1ccco1. The quantitative estimate of drug-likeness (QED) is 0.390. The number of aromatic nitrogens is 3. The second-order valence-electron chi connectivity index (χ2n) is 5.85. The molecule has 2 aromatic heterocycles. The predicted molar refractivity (Wildman–Crippen MR) is 107 cm³/mol. The number of sulfone groups is 1. The van der Waals surface area contributed by atoms with Crippen molar-refractivity contribution < 1.29 is 26.4 Å². The molecule has 0 fully saturated rings. The summed E-state index contributed by atoms with van der Waals surface area (Å²) in [5.74, 6) is -2.88. The van der Waals surface area contributed by atoms with Crippen molar-refractivity contribution in [1.29, 1.82) is 0 Å². The molecule has 1 aromatic carbocycles. The molecule has 3 aromatic rings. The third-order valence-electron chi connectivity index (χ3n) is 3.80. The fraction of sp³-hybridized carbons (Fsp3) is 0.167. The molecule has 0 radical (unpaired) electrons. The largest absolute Gasteiger partial charge is 0.461 e. The van der Waals surface area contributed by atoms with E-state index in [1.165, 1.54) is 18.4 Å². The van der Waals surface area contributed by atoms with E-state index in [1.807, 2.05) is 0 Å². The molecule has 0 spiro atoms. The van der Waals surface area contributed by atoms with Crippen LogP contribution in [0.3, 0.4) is 0 Å². The van der Waals surface area contributed by atoms with Crippen molar-refractivity contribution in [3.8, 4) is 11.6 Å². The fourth-order valence-corrected chi connectivity index (χ4v) is 3.90. The molecule has 8 nitrogen and oxygen atoms in total. The molecule has 0 saturated heterocycles. The Morgan fingerprint density at radius 1 is 1.27 bits per heavy atom. The van der Waals surface area contributed by atoms with Crippen LogP contribution >= 0.6 is 11.8 Å². The smallest absolute Gasteiger partial charge is 0.341 e. The Balaban J connectivity index is 1.65. The minimum atomic E-state index is -4.68. The maximum Gasteiger partial charge on any atom is 0.341 e. The van der Waals surface area contributed by atoms with E-state index in [0.29, 0.717) is 23.3 Å². The van der Waals surface area contributed by atoms with Crippen molar-refractivity contribution >= 4 is 33.2 Å². The monoisotopic (exact) mass is 454 g/mol. The van der Waals surface area contributed by atoms with Crippen LogP contribution in [-0.2, 0) is 21.2 Å². The van der Waals surface area contributed by atoms with Gasteiger partial charge in [0, 0.05) is 12.2 Å². The van der Waals surface area contributed by atoms with E-state index in [-0.39, 0.29) is 11.4 Å². The van der Waals surface area contributed by atoms with E-state index in [2.05, 4.69) is 22.1 Å². The molecule has 12 heteroatoms. The van der Waals surface area contributed by atoms with Crippen molar-refractivity contribution in [2.24, 2.45) is 0 Å². The van der Waals surface area contributed by atoms with E-state index in [0.717, 1.165) is 23.9 Å². The zero-order valence-electron chi connectivity index (χ0n) is 15.4. The number of anilines is 1. The summed E-state index contributed by atoms with van der Waals surface area (Å²) in [7, 11) is -4.68. The average Bonchev–Trinajstić information content (AvgIpc) is 3.37. The lowest BCUT2D eigenvalue weighted by Gasteiger charge is -2.08. The van der Waals surface area contributed by atoms with Gasteiger partial charge in [0.05, 0.1) is 16.9 Å². The number of rotatable bonds is 9. The van der Waals surface area contributed by atoms with Crippen LogP contribution in [0.5, 0.6) is 0 Å². The molecule has 1 N–H and O–H groups in total. The van der Waals surface area contributed by atoms with Gasteiger partial charge in [0.25, 0.3) is 0 Å². The van der Waals surface area contributed by atoms with E-state index in [4.69, 9.17) is 4.42 Å². The number of allylic oxidation sites excluding steroid dienone is 1. The lowest BCUT2D eigenvalue weighted by molar-refractivity contribution is -0.113. The molecule has 0 aliphatic carbocycles. The van der Waals surface area contributed by atoms with Crippen molar-refractivity contribution in [2.75, 3.05) is 11.1 Å². The van der Waals surface area contributed by atoms with E-state index in [1.54, 1.807) is 22.8 Å². The van der Waals surface area contributed by atoms with Gasteiger partial charge in [-0.05, 0) is 36.4 Å². The van der Waals surface area contributed by atoms with Crippen LogP contribution in [-0.4, -0.2) is 40.6 Å². The van der Waals surface area contributed by atoms with E-state index in [9.17, 15) is 22.0 Å². The molecule has 0 saturated carbocycles. The number of hydrogen-bond donors (Lipinski definition) is 1. The molecular weight excluding hydrogens is 438 g/mol. The molecular formula is C18H16F2N4O4S2. The van der Waals surface area contributed by atoms with Gasteiger partial charge in [-0.3, -0.25) is 9.36 Å². The van der Waals surface area contributed by atoms with Gasteiger partial charge in [-0.25, -0.2) is 8.42 Å². The first kappa shape index (κ1) is 21.7. The Morgan fingerprint density at radius 3 is 2.60 bits per heavy atom. The molecule has 30 heavy (non-hydrogen) atoms. The second-order valence-corrected chi connectivity index (χ2v) is 8.71. The van der Waals surface area contributed by atoms with Gasteiger partial charge in [0.1, 0.15) is 0 Å². The number of nitrogens with one attached hydrogen (secondary N) is 1. The summed E-state index contributed by atoms with van der Waals surface area (Å²) in [5, 5.41) is 11.2. The number of carbonyl (C=O) groups is 1. The molecule has 1 amide bonds. The first-order chi connectivity index (χ1) is 14.3. The lowest BCUT2D eigenvalue weighted by atomic mass is 10.3. The van der Waals surface area contributed by atoms with Crippen molar-refractivity contribution in [3.05, 3.63) is 55.3 Å². The fourth-order valence-electron chi connectivity index (χ4n) is 2.44. The van der Waals surface area contributed by atoms with Crippen molar-refractivity contribution in [3.63, 3.8) is 0 Å². The Hall–Kier alpha value is -2.99. The third-order valence-corrected chi connectivity index (χ3v) is 6.17. The maximum absolute atomic E-state index is 12.6. The zero-order chi connectivity index (χ0) is 21.7. The van der Waals surface area contributed by atoms with Gasteiger partial charge < -0.3 is 9.73 Å². The lowest BCUT2D eigenvalue weighted by Crippen LogP contribution is -2.15. The highest BCUT2D eigenvalue weighted by atomic mass is 32.2. The third kappa shape index (κ3) is 4.76. The summed E-state index contributed by atoms with van der Waals surface area (Å²) in [6, 6.07) is 7.98. The highest BCUT2D eigenvalue weighted by Crippen LogP contribution is 2.25. The van der Waals surface area contributed by atoms with Gasteiger partial charge in [0.2, 0.25) is 21.6 Å². The van der Waals surface area contributed by atoms with Crippen LogP contribution in [0.15, 0.2) is 69.8 Å². The minimum Gasteiger partial charge on any atom is -0.461 e. The Labute approximate surface area is 174 Å². The Kier molecular flexibility index (Phi) is 6.67. The van der Waals surface area contributed by atoms with E-state index < -0.39 is 26.4 Å². The number of hydrogen-bond acceptors (Lipinski definition) is 7. The van der Waals surface area contributed by atoms with Crippen molar-refractivity contribution in [1.82, 2.24) is 14.8 Å². The Bertz CT molecular complexity index is 1130. The van der Waals surface area contributed by atoms with Crippen LogP contribution in [0.2, 0.25) is 0 Å². The van der Waals surface area contributed by atoms with Gasteiger partial charge in [-0.15, -0.1) is 16.8 Å². The molecule has 3 rings (SSSR count). The highest BCUT2D eigenvalue weighted by molar-refractivity contribution is 7.99. The number of nitrogens with zero attached hydrogens (tertiary/aromatic N) is 3. The van der Waals surface area contributed by atoms with E-state index >= 15 is 0 Å². The number of amides is 1. The van der Waals surface area contributed by atoms with Crippen LogP contribution in [0.25, 0.3) is 11.6 Å². The van der Waals surface area contributed by atoms with Gasteiger partial charge in [-0.2, -0.15) is 8.78 Å². The molecule has 0 unspecified atom stereocenters. The second kappa shape index (κ2) is 9.22. The summed E-state index contributed by atoms with van der Waals surface area (Å²) in [4.78, 5) is 11.7. The first-order valence-electron chi connectivity index (χ1n) is 8.45. The van der Waals surface area contributed by atoms with Crippen molar-refractivity contribution in [2.45, 2.75) is 22.4 Å². The van der Waals surface area contributed by atoms with Crippen LogP contribution in [0.1, 0.15) is 0 Å². The Morgan fingerprint density at radius 2 is 2.00 bits per heavy atom. The number of alkyl halides is 2. The standard InChI is InChI=1S/C18H16F2N4O4S2/c1-2-9-24-16(14-4-3-10-28-14)22-23-18(24)29-11-15(25)21-12-5-7-13(8-6-12)30(26,27)17(19)20/h2-8,10,17H,1,9,11H2,(H,21,25). The number of carbonyl (C=O) groups excluding carboxylic acids is 1. The predicted octanol–water partition coefficient (Wildman–Crippen LogP) is 3.45. The zero-order valence-corrected chi connectivity index (χ0v) is 17.0. The molecule has 0 atom stereocenters. The molecule has 0 aliphatic heterocycles. The molecule has 0 bridgehead atoms. The topological polar surface area (TPSA) is 107 Å². The summed E-state index contributed by atoms with van der Waals surface area (Å²) in [6.45, 7) is 4.11. The van der Waals surface area contributed by atoms with Crippen LogP contribution in [0.4, 0.5) is 14.5 Å². The van der Waals surface area contributed by atoms with Gasteiger partial charge in [0.15, 0.2) is 10.9 Å². The van der Waals surface area contributed by atoms with Crippen LogP contribution < -0.4 is 5.32 Å². The van der Waals surface area contributed by atoms with Gasteiger partial charge >= 0.3 is 5.76 Å². The first-order valence-corrected chi connectivity index (χ1v) is 11.0. The maximum atomic E-state index is 12.6. The summed E-state index contributed by atoms with van der Waals surface area (Å²) in [5.41, 5.74) is 0.276. The molecule has 158 valence electrons. The summed E-state index contributed by atoms with van der Waals surface area (Å²) < 4.78 is 55.1. The highest BCUT2D eigenvalue weighted by Gasteiger charge is 2.26. The number of halogens is 2. The number of furan rings is 1.